The second kappa shape index (κ2) is 7.91. The Bertz CT molecular complexity index is 1150. The molecule has 0 aliphatic rings. The number of rotatable bonds is 6. The Hall–Kier alpha value is -3.04. The minimum absolute atomic E-state index is 0.0480. The molecule has 3 aromatic rings. The standard InChI is InChI=1S/C19H21N5O3S/c1-3-24(4-2)28(26,27)14-9-7-8-13(12-14)19(25)23-22-18-16-11-6-5-10-15(16)17(20)21-18/h5-12,21H,3-4,20H2,1-2H3. The van der Waals surface area contributed by atoms with Crippen LogP contribution in [0, 0.1) is 0 Å². The molecule has 1 heterocycles. The summed E-state index contributed by atoms with van der Waals surface area (Å²) in [4.78, 5) is 15.4. The Morgan fingerprint density at radius 1 is 1.07 bits per heavy atom. The van der Waals surface area contributed by atoms with Crippen LogP contribution >= 0.6 is 0 Å². The molecule has 0 spiro atoms. The normalized spacial score (nSPS) is 12.2. The second-order valence-corrected chi connectivity index (χ2v) is 7.99. The van der Waals surface area contributed by atoms with E-state index in [-0.39, 0.29) is 10.5 Å². The SMILES string of the molecule is CCN(CC)S(=O)(=O)c1cccc(C(=O)N=Nc2[nH]c(N)c3ccccc23)c1. The Balaban J connectivity index is 1.90. The van der Waals surface area contributed by atoms with Crippen LogP contribution < -0.4 is 5.73 Å². The summed E-state index contributed by atoms with van der Waals surface area (Å²) in [6.45, 7) is 4.21. The third-order valence-electron chi connectivity index (χ3n) is 4.39. The van der Waals surface area contributed by atoms with E-state index in [0.29, 0.717) is 24.7 Å². The van der Waals surface area contributed by atoms with E-state index in [1.54, 1.807) is 13.8 Å². The molecule has 0 saturated heterocycles. The number of H-pyrrole nitrogens is 1. The lowest BCUT2D eigenvalue weighted by Gasteiger charge is -2.18. The van der Waals surface area contributed by atoms with Crippen molar-refractivity contribution in [1.82, 2.24) is 9.29 Å². The van der Waals surface area contributed by atoms with Crippen molar-refractivity contribution in [2.45, 2.75) is 18.7 Å². The summed E-state index contributed by atoms with van der Waals surface area (Å²) < 4.78 is 26.6. The monoisotopic (exact) mass is 399 g/mol. The van der Waals surface area contributed by atoms with E-state index < -0.39 is 15.9 Å². The first-order valence-corrected chi connectivity index (χ1v) is 10.2. The fraction of sp³-hybridized carbons (Fsp3) is 0.211. The van der Waals surface area contributed by atoms with Gasteiger partial charge in [0.15, 0.2) is 5.82 Å². The van der Waals surface area contributed by atoms with Gasteiger partial charge in [-0.1, -0.05) is 44.2 Å². The number of sulfonamides is 1. The minimum atomic E-state index is -3.66. The summed E-state index contributed by atoms with van der Waals surface area (Å²) in [5, 5.41) is 9.23. The van der Waals surface area contributed by atoms with E-state index in [0.717, 1.165) is 10.8 Å². The predicted octanol–water partition coefficient (Wildman–Crippen LogP) is 3.70. The summed E-state index contributed by atoms with van der Waals surface area (Å²) in [6.07, 6.45) is 0. The smallest absolute Gasteiger partial charge is 0.295 e. The number of carbonyl (C=O) groups is 1. The summed E-state index contributed by atoms with van der Waals surface area (Å²) in [6, 6.07) is 13.1. The van der Waals surface area contributed by atoms with Gasteiger partial charge in [0.05, 0.1) is 4.90 Å². The van der Waals surface area contributed by atoms with Gasteiger partial charge in [-0.15, -0.1) is 10.2 Å². The quantitative estimate of drug-likeness (QED) is 0.614. The van der Waals surface area contributed by atoms with Gasteiger partial charge in [0.25, 0.3) is 5.91 Å². The molecular formula is C19H21N5O3S. The van der Waals surface area contributed by atoms with Crippen LogP contribution in [-0.4, -0.2) is 36.7 Å². The molecule has 0 aliphatic heterocycles. The first-order chi connectivity index (χ1) is 13.4. The average Bonchev–Trinajstić information content (AvgIpc) is 3.03. The molecule has 0 radical (unpaired) electrons. The molecular weight excluding hydrogens is 378 g/mol. The number of nitrogens with zero attached hydrogens (tertiary/aromatic N) is 3. The molecule has 3 N–H and O–H groups in total. The first-order valence-electron chi connectivity index (χ1n) is 8.81. The number of amides is 1. The van der Waals surface area contributed by atoms with Crippen molar-refractivity contribution in [2.24, 2.45) is 10.2 Å². The molecule has 0 bridgehead atoms. The molecule has 0 fully saturated rings. The average molecular weight is 399 g/mol. The highest BCUT2D eigenvalue weighted by Gasteiger charge is 2.22. The van der Waals surface area contributed by atoms with Gasteiger partial charge in [-0.3, -0.25) is 4.79 Å². The molecule has 28 heavy (non-hydrogen) atoms. The number of aromatic nitrogens is 1. The van der Waals surface area contributed by atoms with Crippen molar-refractivity contribution in [2.75, 3.05) is 18.8 Å². The molecule has 2 aromatic carbocycles. The number of fused-ring (bicyclic) bond motifs is 1. The second-order valence-electron chi connectivity index (χ2n) is 6.06. The van der Waals surface area contributed by atoms with Gasteiger partial charge in [0, 0.05) is 29.4 Å². The third-order valence-corrected chi connectivity index (χ3v) is 6.44. The molecule has 0 saturated carbocycles. The van der Waals surface area contributed by atoms with E-state index in [1.165, 1.54) is 28.6 Å². The van der Waals surface area contributed by atoms with Crippen LogP contribution in [0.5, 0.6) is 0 Å². The third kappa shape index (κ3) is 3.67. The Labute approximate surface area is 163 Å². The number of aromatic amines is 1. The summed E-state index contributed by atoms with van der Waals surface area (Å²) in [5.74, 6) is 0.159. The van der Waals surface area contributed by atoms with Crippen LogP contribution in [0.3, 0.4) is 0 Å². The van der Waals surface area contributed by atoms with Gasteiger partial charge in [-0.2, -0.15) is 4.31 Å². The van der Waals surface area contributed by atoms with Crippen LogP contribution in [0.1, 0.15) is 24.2 Å². The Morgan fingerprint density at radius 2 is 1.75 bits per heavy atom. The Morgan fingerprint density at radius 3 is 2.43 bits per heavy atom. The minimum Gasteiger partial charge on any atom is -0.385 e. The zero-order valence-electron chi connectivity index (χ0n) is 15.6. The molecule has 9 heteroatoms. The fourth-order valence-corrected chi connectivity index (χ4v) is 4.43. The number of nitrogens with two attached hydrogens (primary N) is 1. The van der Waals surface area contributed by atoms with Gasteiger partial charge in [0.2, 0.25) is 10.0 Å². The predicted molar refractivity (Wildman–Crippen MR) is 108 cm³/mol. The lowest BCUT2D eigenvalue weighted by atomic mass is 10.2. The molecule has 8 nitrogen and oxygen atoms in total. The van der Waals surface area contributed by atoms with Crippen LogP contribution in [0.15, 0.2) is 63.7 Å². The number of nitrogen functional groups attached to an aromatic ring is 1. The van der Waals surface area contributed by atoms with Crippen LogP contribution in [-0.2, 0) is 10.0 Å². The maximum absolute atomic E-state index is 12.6. The molecule has 1 aromatic heterocycles. The first kappa shape index (κ1) is 19.7. The van der Waals surface area contributed by atoms with Gasteiger partial charge in [-0.25, -0.2) is 8.42 Å². The van der Waals surface area contributed by atoms with E-state index in [2.05, 4.69) is 15.2 Å². The van der Waals surface area contributed by atoms with Crippen molar-refractivity contribution < 1.29 is 13.2 Å². The molecule has 3 rings (SSSR count). The number of azo groups is 1. The topological polar surface area (TPSA) is 121 Å². The number of carbonyl (C=O) groups excluding carboxylic acids is 1. The van der Waals surface area contributed by atoms with Crippen molar-refractivity contribution in [3.05, 3.63) is 54.1 Å². The largest absolute Gasteiger partial charge is 0.385 e. The number of hydrogen-bond donors (Lipinski definition) is 2. The lowest BCUT2D eigenvalue weighted by molar-refractivity contribution is 0.0994. The van der Waals surface area contributed by atoms with E-state index in [1.807, 2.05) is 24.3 Å². The van der Waals surface area contributed by atoms with Crippen molar-refractivity contribution in [3.8, 4) is 0 Å². The van der Waals surface area contributed by atoms with Gasteiger partial charge < -0.3 is 10.7 Å². The molecule has 146 valence electrons. The van der Waals surface area contributed by atoms with E-state index in [9.17, 15) is 13.2 Å². The Kier molecular flexibility index (Phi) is 5.57. The van der Waals surface area contributed by atoms with Crippen LogP contribution in [0.25, 0.3) is 10.8 Å². The summed E-state index contributed by atoms with van der Waals surface area (Å²) in [7, 11) is -3.66. The summed E-state index contributed by atoms with van der Waals surface area (Å²) in [5.41, 5.74) is 6.04. The molecule has 0 unspecified atom stereocenters. The molecule has 1 amide bonds. The van der Waals surface area contributed by atoms with Crippen molar-refractivity contribution in [1.29, 1.82) is 0 Å². The lowest BCUT2D eigenvalue weighted by Crippen LogP contribution is -2.30. The maximum atomic E-state index is 12.6. The van der Waals surface area contributed by atoms with Crippen LogP contribution in [0.2, 0.25) is 0 Å². The zero-order valence-corrected chi connectivity index (χ0v) is 16.4. The number of benzene rings is 2. The highest BCUT2D eigenvalue weighted by Crippen LogP contribution is 2.30. The van der Waals surface area contributed by atoms with Crippen molar-refractivity contribution in [3.63, 3.8) is 0 Å². The van der Waals surface area contributed by atoms with Crippen molar-refractivity contribution >= 4 is 38.3 Å². The summed E-state index contributed by atoms with van der Waals surface area (Å²) >= 11 is 0. The van der Waals surface area contributed by atoms with E-state index in [4.69, 9.17) is 5.73 Å². The fourth-order valence-electron chi connectivity index (χ4n) is 2.92. The number of nitrogens with one attached hydrogen (secondary N) is 1. The van der Waals surface area contributed by atoms with Gasteiger partial charge in [-0.05, 0) is 18.2 Å². The molecule has 0 aliphatic carbocycles. The zero-order chi connectivity index (χ0) is 20.3. The maximum Gasteiger partial charge on any atom is 0.295 e. The van der Waals surface area contributed by atoms with Crippen LogP contribution in [0.4, 0.5) is 11.6 Å². The van der Waals surface area contributed by atoms with E-state index >= 15 is 0 Å². The molecule has 0 atom stereocenters. The highest BCUT2D eigenvalue weighted by molar-refractivity contribution is 7.89. The number of hydrogen-bond acceptors (Lipinski definition) is 5. The highest BCUT2D eigenvalue weighted by atomic mass is 32.2. The number of anilines is 1. The van der Waals surface area contributed by atoms with Gasteiger partial charge >= 0.3 is 0 Å². The van der Waals surface area contributed by atoms with Gasteiger partial charge in [0.1, 0.15) is 5.82 Å².